The van der Waals surface area contributed by atoms with Gasteiger partial charge >= 0.3 is 0 Å². The number of thiazole rings is 1. The number of hydrogen-bond donors (Lipinski definition) is 0. The lowest BCUT2D eigenvalue weighted by atomic mass is 10.1. The van der Waals surface area contributed by atoms with Gasteiger partial charge in [0.15, 0.2) is 0 Å². The predicted molar refractivity (Wildman–Crippen MR) is 62.1 cm³/mol. The molecule has 0 radical (unpaired) electrons. The van der Waals surface area contributed by atoms with Crippen molar-refractivity contribution in [2.75, 3.05) is 0 Å². The van der Waals surface area contributed by atoms with Crippen LogP contribution in [0.4, 0.5) is 4.39 Å². The van der Waals surface area contributed by atoms with E-state index in [1.54, 1.807) is 11.6 Å². The quantitative estimate of drug-likeness (QED) is 0.755. The summed E-state index contributed by atoms with van der Waals surface area (Å²) in [6, 6.07) is 7.41. The summed E-state index contributed by atoms with van der Waals surface area (Å²) in [5.74, 6) is 0. The highest BCUT2D eigenvalue weighted by Crippen LogP contribution is 2.36. The molecule has 0 saturated heterocycles. The molecule has 2 rings (SSSR count). The van der Waals surface area contributed by atoms with E-state index >= 15 is 0 Å². The minimum absolute atomic E-state index is 0.466. The number of aromatic nitrogens is 1. The zero-order chi connectivity index (χ0) is 10.8. The van der Waals surface area contributed by atoms with Crippen molar-refractivity contribution in [2.45, 2.75) is 13.1 Å². The second kappa shape index (κ2) is 4.29. The summed E-state index contributed by atoms with van der Waals surface area (Å²) in [5, 5.41) is 0.628. The molecular weight excluding hydrogens is 233 g/mol. The fourth-order valence-corrected chi connectivity index (χ4v) is 2.58. The van der Waals surface area contributed by atoms with Crippen LogP contribution in [-0.4, -0.2) is 4.98 Å². The zero-order valence-corrected chi connectivity index (χ0v) is 9.65. The van der Waals surface area contributed by atoms with E-state index in [9.17, 15) is 4.39 Å². The van der Waals surface area contributed by atoms with Crippen molar-refractivity contribution >= 4 is 22.9 Å². The molecule has 1 heterocycles. The third kappa shape index (κ3) is 2.03. The van der Waals surface area contributed by atoms with Gasteiger partial charge in [-0.3, -0.25) is 0 Å². The van der Waals surface area contributed by atoms with Crippen LogP contribution >= 0.6 is 22.9 Å². The molecule has 0 saturated carbocycles. The third-order valence-corrected chi connectivity index (χ3v) is 3.30. The van der Waals surface area contributed by atoms with Crippen LogP contribution in [0.3, 0.4) is 0 Å². The van der Waals surface area contributed by atoms with E-state index < -0.39 is 6.17 Å². The standard InChI is InChI=1S/C11H9ClFNS/c1-7(13)10-11(15-6-14-10)8-4-2-3-5-9(8)12/h2-7H,1H3. The summed E-state index contributed by atoms with van der Waals surface area (Å²) < 4.78 is 13.2. The van der Waals surface area contributed by atoms with E-state index in [0.29, 0.717) is 10.7 Å². The van der Waals surface area contributed by atoms with Gasteiger partial charge in [-0.15, -0.1) is 11.3 Å². The summed E-state index contributed by atoms with van der Waals surface area (Å²) in [4.78, 5) is 4.83. The van der Waals surface area contributed by atoms with Crippen LogP contribution in [0.2, 0.25) is 5.02 Å². The lowest BCUT2D eigenvalue weighted by molar-refractivity contribution is 0.368. The normalized spacial score (nSPS) is 12.7. The molecule has 1 nitrogen and oxygen atoms in total. The Kier molecular flexibility index (Phi) is 3.03. The average Bonchev–Trinajstić information content (AvgIpc) is 2.67. The summed E-state index contributed by atoms with van der Waals surface area (Å²) in [5.41, 5.74) is 2.96. The molecule has 78 valence electrons. The number of hydrogen-bond acceptors (Lipinski definition) is 2. The van der Waals surface area contributed by atoms with Gasteiger partial charge in [0.25, 0.3) is 0 Å². The molecule has 1 atom stereocenters. The molecular formula is C11H9ClFNS. The second-order valence-corrected chi connectivity index (χ2v) is 4.42. The van der Waals surface area contributed by atoms with Crippen LogP contribution in [0.25, 0.3) is 10.4 Å². The largest absolute Gasteiger partial charge is 0.246 e. The molecule has 2 aromatic rings. The Morgan fingerprint density at radius 2 is 2.13 bits per heavy atom. The van der Waals surface area contributed by atoms with Gasteiger partial charge < -0.3 is 0 Å². The van der Waals surface area contributed by atoms with Crippen molar-refractivity contribution in [1.82, 2.24) is 4.98 Å². The topological polar surface area (TPSA) is 12.9 Å². The Labute approximate surface area is 96.5 Å². The van der Waals surface area contributed by atoms with Crippen molar-refractivity contribution in [1.29, 1.82) is 0 Å². The molecule has 1 aromatic carbocycles. The Morgan fingerprint density at radius 1 is 1.40 bits per heavy atom. The first-order chi connectivity index (χ1) is 7.20. The zero-order valence-electron chi connectivity index (χ0n) is 8.08. The van der Waals surface area contributed by atoms with E-state index in [1.165, 1.54) is 18.3 Å². The van der Waals surface area contributed by atoms with Crippen molar-refractivity contribution in [2.24, 2.45) is 0 Å². The van der Waals surface area contributed by atoms with Gasteiger partial charge in [0.1, 0.15) is 6.17 Å². The van der Waals surface area contributed by atoms with Gasteiger partial charge in [-0.2, -0.15) is 0 Å². The first-order valence-electron chi connectivity index (χ1n) is 4.52. The summed E-state index contributed by atoms with van der Waals surface area (Å²) >= 11 is 7.46. The molecule has 0 aliphatic heterocycles. The molecule has 15 heavy (non-hydrogen) atoms. The fraction of sp³-hybridized carbons (Fsp3) is 0.182. The summed E-state index contributed by atoms with van der Waals surface area (Å²) in [7, 11) is 0. The van der Waals surface area contributed by atoms with E-state index in [4.69, 9.17) is 11.6 Å². The van der Waals surface area contributed by atoms with Gasteiger partial charge in [-0.05, 0) is 13.0 Å². The maximum absolute atomic E-state index is 13.2. The summed E-state index contributed by atoms with van der Waals surface area (Å²) in [6.07, 6.45) is -1.07. The number of benzene rings is 1. The van der Waals surface area contributed by atoms with E-state index in [0.717, 1.165) is 10.4 Å². The van der Waals surface area contributed by atoms with Gasteiger partial charge in [0.05, 0.1) is 16.1 Å². The minimum atomic E-state index is -1.07. The molecule has 4 heteroatoms. The highest BCUT2D eigenvalue weighted by molar-refractivity contribution is 7.13. The minimum Gasteiger partial charge on any atom is -0.246 e. The van der Waals surface area contributed by atoms with Crippen LogP contribution in [-0.2, 0) is 0 Å². The smallest absolute Gasteiger partial charge is 0.141 e. The first-order valence-corrected chi connectivity index (χ1v) is 5.78. The number of halogens is 2. The van der Waals surface area contributed by atoms with E-state index in [2.05, 4.69) is 4.98 Å². The van der Waals surface area contributed by atoms with Crippen molar-refractivity contribution in [3.8, 4) is 10.4 Å². The van der Waals surface area contributed by atoms with Gasteiger partial charge in [-0.1, -0.05) is 29.8 Å². The van der Waals surface area contributed by atoms with Crippen LogP contribution in [0.5, 0.6) is 0 Å². The molecule has 0 N–H and O–H groups in total. The molecule has 0 aliphatic carbocycles. The molecule has 0 aliphatic rings. The maximum Gasteiger partial charge on any atom is 0.141 e. The summed E-state index contributed by atoms with van der Waals surface area (Å²) in [6.45, 7) is 1.48. The highest BCUT2D eigenvalue weighted by Gasteiger charge is 2.15. The third-order valence-electron chi connectivity index (χ3n) is 2.09. The molecule has 1 unspecified atom stereocenters. The van der Waals surface area contributed by atoms with Gasteiger partial charge in [0, 0.05) is 10.6 Å². The van der Waals surface area contributed by atoms with Crippen LogP contribution in [0, 0.1) is 0 Å². The number of nitrogens with zero attached hydrogens (tertiary/aromatic N) is 1. The first kappa shape index (κ1) is 10.6. The monoisotopic (exact) mass is 241 g/mol. The number of rotatable bonds is 2. The molecule has 0 bridgehead atoms. The molecule has 1 aromatic heterocycles. The lowest BCUT2D eigenvalue weighted by Crippen LogP contribution is -1.88. The molecule has 0 spiro atoms. The predicted octanol–water partition coefficient (Wildman–Crippen LogP) is 4.49. The highest BCUT2D eigenvalue weighted by atomic mass is 35.5. The Hall–Kier alpha value is -0.930. The fourth-order valence-electron chi connectivity index (χ4n) is 1.39. The Balaban J connectivity index is 2.55. The molecule has 0 fully saturated rings. The van der Waals surface area contributed by atoms with E-state index in [-0.39, 0.29) is 0 Å². The van der Waals surface area contributed by atoms with Crippen LogP contribution < -0.4 is 0 Å². The molecule has 0 amide bonds. The second-order valence-electron chi connectivity index (χ2n) is 3.16. The van der Waals surface area contributed by atoms with Crippen molar-refractivity contribution < 1.29 is 4.39 Å². The van der Waals surface area contributed by atoms with Crippen molar-refractivity contribution in [3.05, 3.63) is 40.5 Å². The van der Waals surface area contributed by atoms with Crippen molar-refractivity contribution in [3.63, 3.8) is 0 Å². The van der Waals surface area contributed by atoms with Crippen LogP contribution in [0.15, 0.2) is 29.8 Å². The van der Waals surface area contributed by atoms with Crippen LogP contribution in [0.1, 0.15) is 18.8 Å². The lowest BCUT2D eigenvalue weighted by Gasteiger charge is -2.04. The number of alkyl halides is 1. The SMILES string of the molecule is CC(F)c1ncsc1-c1ccccc1Cl. The Morgan fingerprint density at radius 3 is 2.80 bits per heavy atom. The van der Waals surface area contributed by atoms with Gasteiger partial charge in [-0.25, -0.2) is 9.37 Å². The Bertz CT molecular complexity index is 467. The maximum atomic E-state index is 13.2. The average molecular weight is 242 g/mol. The van der Waals surface area contributed by atoms with Gasteiger partial charge in [0.2, 0.25) is 0 Å². The van der Waals surface area contributed by atoms with E-state index in [1.807, 2.05) is 18.2 Å².